The van der Waals surface area contributed by atoms with Crippen molar-refractivity contribution in [2.75, 3.05) is 36.9 Å². The molecular weight excluding hydrogens is 416 g/mol. The van der Waals surface area contributed by atoms with E-state index in [0.717, 1.165) is 86.3 Å². The lowest BCUT2D eigenvalue weighted by Crippen LogP contribution is -2.50. The number of nitrogens with zero attached hydrogens (tertiary/aromatic N) is 5. The van der Waals surface area contributed by atoms with Crippen molar-refractivity contribution in [1.29, 1.82) is 0 Å². The van der Waals surface area contributed by atoms with Gasteiger partial charge in [-0.15, -0.1) is 0 Å². The van der Waals surface area contributed by atoms with Gasteiger partial charge in [-0.3, -0.25) is 9.69 Å². The second-order valence-corrected chi connectivity index (χ2v) is 9.09. The average Bonchev–Trinajstić information content (AvgIpc) is 2.86. The number of hydrogen-bond donors (Lipinski definition) is 2. The number of pyridine rings is 1. The van der Waals surface area contributed by atoms with E-state index in [1.165, 1.54) is 4.68 Å². The molecule has 0 saturated carbocycles. The highest BCUT2D eigenvalue weighted by atomic mass is 16.3. The van der Waals surface area contributed by atoms with Crippen LogP contribution < -0.4 is 16.3 Å². The fraction of sp³-hybridized carbons (Fsp3) is 0.480. The van der Waals surface area contributed by atoms with Crippen molar-refractivity contribution in [1.82, 2.24) is 19.5 Å². The second kappa shape index (κ2) is 9.49. The van der Waals surface area contributed by atoms with Gasteiger partial charge in [0.15, 0.2) is 0 Å². The number of aryl methyl sites for hydroxylation is 2. The number of anilines is 1. The van der Waals surface area contributed by atoms with Crippen LogP contribution in [0.1, 0.15) is 42.8 Å². The number of benzene rings is 1. The number of rotatable bonds is 6. The Bertz CT molecular complexity index is 1190. The summed E-state index contributed by atoms with van der Waals surface area (Å²) in [5.74, 6) is 7.64. The third-order valence-electron chi connectivity index (χ3n) is 6.96. The standard InChI is InChI=1S/C25H32N6O2/c26-31-23(28-21-9-4-2-7-19(21)25(31)33)10-5-11-24(32)30-16-14-29(15-17-30)22-13-12-18-6-1-3-8-20(18)27-22/h1,3,6,8,12-13,24,32H,2,4-5,7,9-11,14-17,26H2. The number of piperazine rings is 1. The van der Waals surface area contributed by atoms with Crippen LogP contribution in [0, 0.1) is 0 Å². The van der Waals surface area contributed by atoms with E-state index in [1.807, 2.05) is 18.2 Å². The summed E-state index contributed by atoms with van der Waals surface area (Å²) in [6, 6.07) is 12.3. The van der Waals surface area contributed by atoms with Crippen LogP contribution in [0.3, 0.4) is 0 Å². The first kappa shape index (κ1) is 21.9. The fourth-order valence-electron chi connectivity index (χ4n) is 5.00. The van der Waals surface area contributed by atoms with E-state index < -0.39 is 6.23 Å². The van der Waals surface area contributed by atoms with E-state index in [4.69, 9.17) is 10.8 Å². The van der Waals surface area contributed by atoms with E-state index in [-0.39, 0.29) is 5.56 Å². The first-order valence-electron chi connectivity index (χ1n) is 12.0. The third-order valence-corrected chi connectivity index (χ3v) is 6.96. The fourth-order valence-corrected chi connectivity index (χ4v) is 5.00. The summed E-state index contributed by atoms with van der Waals surface area (Å²) in [5.41, 5.74) is 2.61. The maximum absolute atomic E-state index is 12.5. The van der Waals surface area contributed by atoms with Gasteiger partial charge < -0.3 is 15.8 Å². The van der Waals surface area contributed by atoms with Gasteiger partial charge in [-0.2, -0.15) is 0 Å². The van der Waals surface area contributed by atoms with Gasteiger partial charge in [0.05, 0.1) is 11.2 Å². The molecule has 1 unspecified atom stereocenters. The van der Waals surface area contributed by atoms with Crippen molar-refractivity contribution < 1.29 is 5.11 Å². The number of fused-ring (bicyclic) bond motifs is 2. The zero-order valence-corrected chi connectivity index (χ0v) is 19.0. The maximum Gasteiger partial charge on any atom is 0.275 e. The minimum atomic E-state index is -0.507. The Morgan fingerprint density at radius 2 is 1.79 bits per heavy atom. The quantitative estimate of drug-likeness (QED) is 0.555. The van der Waals surface area contributed by atoms with Gasteiger partial charge in [-0.25, -0.2) is 14.6 Å². The summed E-state index contributed by atoms with van der Waals surface area (Å²) in [6.45, 7) is 3.23. The third kappa shape index (κ3) is 4.58. The number of aliphatic hydroxyl groups is 1. The SMILES string of the molecule is Nn1c(CCCC(O)N2CCN(c3ccc4ccccc4n3)CC2)nc2c(c1=O)CCCC2. The maximum atomic E-state index is 12.5. The summed E-state index contributed by atoms with van der Waals surface area (Å²) in [4.78, 5) is 26.4. The van der Waals surface area contributed by atoms with E-state index in [9.17, 15) is 9.90 Å². The van der Waals surface area contributed by atoms with Crippen LogP contribution in [0.25, 0.3) is 10.9 Å². The summed E-state index contributed by atoms with van der Waals surface area (Å²) in [5, 5.41) is 11.9. The minimum Gasteiger partial charge on any atom is -0.378 e. The molecule has 3 heterocycles. The summed E-state index contributed by atoms with van der Waals surface area (Å²) < 4.78 is 1.21. The van der Waals surface area contributed by atoms with Gasteiger partial charge in [0.25, 0.3) is 5.56 Å². The molecule has 0 bridgehead atoms. The highest BCUT2D eigenvalue weighted by molar-refractivity contribution is 5.80. The van der Waals surface area contributed by atoms with Crippen LogP contribution in [-0.4, -0.2) is 57.1 Å². The zero-order chi connectivity index (χ0) is 22.8. The Morgan fingerprint density at radius 1 is 1.00 bits per heavy atom. The Kier molecular flexibility index (Phi) is 6.28. The smallest absolute Gasteiger partial charge is 0.275 e. The molecule has 2 aliphatic rings. The van der Waals surface area contributed by atoms with E-state index in [2.05, 4.69) is 33.0 Å². The molecule has 0 spiro atoms. The number of aliphatic hydroxyl groups excluding tert-OH is 1. The molecule has 0 radical (unpaired) electrons. The summed E-state index contributed by atoms with van der Waals surface area (Å²) in [7, 11) is 0. The van der Waals surface area contributed by atoms with Crippen molar-refractivity contribution in [3.8, 4) is 0 Å². The second-order valence-electron chi connectivity index (χ2n) is 9.09. The zero-order valence-electron chi connectivity index (χ0n) is 19.0. The number of nitrogen functional groups attached to an aromatic ring is 1. The first-order valence-corrected chi connectivity index (χ1v) is 12.0. The average molecular weight is 449 g/mol. The van der Waals surface area contributed by atoms with Gasteiger partial charge in [0.2, 0.25) is 0 Å². The Balaban J connectivity index is 1.14. The van der Waals surface area contributed by atoms with Crippen LogP contribution in [0.2, 0.25) is 0 Å². The molecule has 174 valence electrons. The van der Waals surface area contributed by atoms with E-state index >= 15 is 0 Å². The lowest BCUT2D eigenvalue weighted by molar-refractivity contribution is -0.00683. The molecule has 1 saturated heterocycles. The molecule has 2 aromatic heterocycles. The van der Waals surface area contributed by atoms with Crippen molar-refractivity contribution in [2.45, 2.75) is 51.2 Å². The Labute approximate surface area is 193 Å². The van der Waals surface area contributed by atoms with Crippen LogP contribution in [-0.2, 0) is 19.3 Å². The molecule has 1 fully saturated rings. The van der Waals surface area contributed by atoms with Gasteiger partial charge in [-0.1, -0.05) is 18.2 Å². The number of hydrogen-bond acceptors (Lipinski definition) is 7. The molecule has 1 aromatic carbocycles. The van der Waals surface area contributed by atoms with Crippen LogP contribution >= 0.6 is 0 Å². The molecule has 3 aromatic rings. The highest BCUT2D eigenvalue weighted by Gasteiger charge is 2.23. The largest absolute Gasteiger partial charge is 0.378 e. The van der Waals surface area contributed by atoms with Crippen LogP contribution in [0.15, 0.2) is 41.2 Å². The van der Waals surface area contributed by atoms with Crippen LogP contribution in [0.5, 0.6) is 0 Å². The monoisotopic (exact) mass is 448 g/mol. The molecule has 8 nitrogen and oxygen atoms in total. The van der Waals surface area contributed by atoms with Gasteiger partial charge in [0.1, 0.15) is 17.9 Å². The van der Waals surface area contributed by atoms with Gasteiger partial charge >= 0.3 is 0 Å². The van der Waals surface area contributed by atoms with Crippen molar-refractivity contribution in [2.24, 2.45) is 0 Å². The van der Waals surface area contributed by atoms with Crippen molar-refractivity contribution in [3.63, 3.8) is 0 Å². The van der Waals surface area contributed by atoms with Gasteiger partial charge in [0, 0.05) is 43.5 Å². The predicted molar refractivity (Wildman–Crippen MR) is 130 cm³/mol. The molecule has 1 aliphatic carbocycles. The van der Waals surface area contributed by atoms with Crippen molar-refractivity contribution in [3.05, 3.63) is 63.8 Å². The predicted octanol–water partition coefficient (Wildman–Crippen LogP) is 1.85. The number of nitrogens with two attached hydrogens (primary N) is 1. The molecular formula is C25H32N6O2. The molecule has 1 aliphatic heterocycles. The first-order chi connectivity index (χ1) is 16.1. The van der Waals surface area contributed by atoms with E-state index in [0.29, 0.717) is 18.7 Å². The molecule has 3 N–H and O–H groups in total. The molecule has 1 atom stereocenters. The normalized spacial score (nSPS) is 17.8. The lowest BCUT2D eigenvalue weighted by Gasteiger charge is -2.37. The molecule has 0 amide bonds. The molecule has 5 rings (SSSR count). The van der Waals surface area contributed by atoms with Crippen molar-refractivity contribution >= 4 is 16.7 Å². The minimum absolute atomic E-state index is 0.103. The lowest BCUT2D eigenvalue weighted by atomic mass is 9.97. The number of para-hydroxylation sites is 1. The summed E-state index contributed by atoms with van der Waals surface area (Å²) in [6.07, 6.45) is 5.18. The Hall–Kier alpha value is -2.97. The topological polar surface area (TPSA) is 101 Å². The Morgan fingerprint density at radius 3 is 2.64 bits per heavy atom. The van der Waals surface area contributed by atoms with Gasteiger partial charge in [-0.05, 0) is 56.7 Å². The summed E-state index contributed by atoms with van der Waals surface area (Å²) >= 11 is 0. The molecule has 8 heteroatoms. The number of aromatic nitrogens is 3. The van der Waals surface area contributed by atoms with Crippen LogP contribution in [0.4, 0.5) is 5.82 Å². The highest BCUT2D eigenvalue weighted by Crippen LogP contribution is 2.21. The molecule has 33 heavy (non-hydrogen) atoms. The van der Waals surface area contributed by atoms with E-state index in [1.54, 1.807) is 0 Å².